The normalized spacial score (nSPS) is 10.0. The monoisotopic (exact) mass is 257 g/mol. The molecule has 3 nitrogen and oxygen atoms in total. The number of rotatable bonds is 3. The molecule has 19 heavy (non-hydrogen) atoms. The quantitative estimate of drug-likeness (QED) is 0.858. The number of halogens is 1. The summed E-state index contributed by atoms with van der Waals surface area (Å²) in [6.45, 7) is 1.67. The first-order chi connectivity index (χ1) is 9.10. The molecule has 0 heterocycles. The van der Waals surface area contributed by atoms with E-state index in [1.807, 2.05) is 0 Å². The molecule has 0 aliphatic carbocycles. The average Bonchev–Trinajstić information content (AvgIpc) is 2.38. The fraction of sp³-hybridized carbons (Fsp3) is 0.0667. The van der Waals surface area contributed by atoms with Gasteiger partial charge in [0, 0.05) is 16.8 Å². The summed E-state index contributed by atoms with van der Waals surface area (Å²) in [5, 5.41) is 2.67. The molecule has 0 fully saturated rings. The van der Waals surface area contributed by atoms with Crippen LogP contribution in [0.25, 0.3) is 0 Å². The Morgan fingerprint density at radius 2 is 2.00 bits per heavy atom. The topological polar surface area (TPSA) is 46.2 Å². The van der Waals surface area contributed by atoms with Crippen molar-refractivity contribution in [2.24, 2.45) is 0 Å². The first-order valence-corrected chi connectivity index (χ1v) is 5.73. The lowest BCUT2D eigenvalue weighted by Crippen LogP contribution is -2.13. The van der Waals surface area contributed by atoms with Crippen LogP contribution in [0.5, 0.6) is 0 Å². The van der Waals surface area contributed by atoms with Gasteiger partial charge in [0.15, 0.2) is 0 Å². The van der Waals surface area contributed by atoms with E-state index in [0.717, 1.165) is 0 Å². The summed E-state index contributed by atoms with van der Waals surface area (Å²) in [5.41, 5.74) is 1.97. The third-order valence-electron chi connectivity index (χ3n) is 2.71. The molecule has 2 aromatic carbocycles. The van der Waals surface area contributed by atoms with Gasteiger partial charge in [0.25, 0.3) is 5.91 Å². The van der Waals surface area contributed by atoms with Gasteiger partial charge in [-0.2, -0.15) is 0 Å². The summed E-state index contributed by atoms with van der Waals surface area (Å²) in [6.07, 6.45) is 0.707. The van der Waals surface area contributed by atoms with Gasteiger partial charge >= 0.3 is 0 Å². The molecule has 2 aromatic rings. The van der Waals surface area contributed by atoms with Crippen molar-refractivity contribution in [2.75, 3.05) is 5.32 Å². The lowest BCUT2D eigenvalue weighted by molar-refractivity contribution is 0.102. The fourth-order valence-corrected chi connectivity index (χ4v) is 1.77. The van der Waals surface area contributed by atoms with E-state index in [0.29, 0.717) is 28.7 Å². The molecule has 0 saturated heterocycles. The fourth-order valence-electron chi connectivity index (χ4n) is 1.77. The van der Waals surface area contributed by atoms with Crippen LogP contribution in [0.4, 0.5) is 10.1 Å². The Hall–Kier alpha value is -2.49. The molecular weight excluding hydrogens is 245 g/mol. The summed E-state index contributed by atoms with van der Waals surface area (Å²) >= 11 is 0. The van der Waals surface area contributed by atoms with Crippen LogP contribution in [-0.2, 0) is 0 Å². The number of hydrogen-bond acceptors (Lipinski definition) is 2. The molecule has 4 heteroatoms. The third-order valence-corrected chi connectivity index (χ3v) is 2.71. The molecule has 0 aliphatic heterocycles. The second-order valence-corrected chi connectivity index (χ2v) is 4.16. The number of carbonyl (C=O) groups is 2. The average molecular weight is 257 g/mol. The zero-order valence-corrected chi connectivity index (χ0v) is 10.3. The van der Waals surface area contributed by atoms with Crippen molar-refractivity contribution in [3.8, 4) is 0 Å². The van der Waals surface area contributed by atoms with Crippen molar-refractivity contribution in [3.05, 3.63) is 65.0 Å². The van der Waals surface area contributed by atoms with E-state index in [2.05, 4.69) is 5.32 Å². The van der Waals surface area contributed by atoms with E-state index in [-0.39, 0.29) is 11.7 Å². The van der Waals surface area contributed by atoms with Crippen LogP contribution in [0.2, 0.25) is 0 Å². The van der Waals surface area contributed by atoms with E-state index >= 15 is 0 Å². The van der Waals surface area contributed by atoms with Crippen LogP contribution in [0, 0.1) is 12.7 Å². The molecule has 1 N–H and O–H groups in total. The van der Waals surface area contributed by atoms with Gasteiger partial charge in [-0.05, 0) is 42.8 Å². The third kappa shape index (κ3) is 3.04. The maximum atomic E-state index is 13.0. The van der Waals surface area contributed by atoms with Crippen molar-refractivity contribution in [3.63, 3.8) is 0 Å². The molecule has 0 saturated carbocycles. The van der Waals surface area contributed by atoms with Crippen LogP contribution in [0.1, 0.15) is 26.3 Å². The number of benzene rings is 2. The Kier molecular flexibility index (Phi) is 3.71. The predicted octanol–water partition coefficient (Wildman–Crippen LogP) is 3.20. The van der Waals surface area contributed by atoms with Crippen molar-refractivity contribution in [1.29, 1.82) is 0 Å². The van der Waals surface area contributed by atoms with Gasteiger partial charge < -0.3 is 5.32 Å². The summed E-state index contributed by atoms with van der Waals surface area (Å²) in [4.78, 5) is 22.7. The smallest absolute Gasteiger partial charge is 0.255 e. The van der Waals surface area contributed by atoms with Crippen LogP contribution >= 0.6 is 0 Å². The van der Waals surface area contributed by atoms with Gasteiger partial charge in [-0.15, -0.1) is 0 Å². The number of amides is 1. The van der Waals surface area contributed by atoms with E-state index in [4.69, 9.17) is 0 Å². The van der Waals surface area contributed by atoms with E-state index in [9.17, 15) is 14.0 Å². The highest BCUT2D eigenvalue weighted by atomic mass is 19.1. The van der Waals surface area contributed by atoms with Crippen molar-refractivity contribution in [2.45, 2.75) is 6.92 Å². The molecule has 1 amide bonds. The highest BCUT2D eigenvalue weighted by Crippen LogP contribution is 2.14. The Morgan fingerprint density at radius 1 is 1.21 bits per heavy atom. The molecule has 0 bridgehead atoms. The molecule has 2 rings (SSSR count). The Balaban J connectivity index is 2.22. The highest BCUT2D eigenvalue weighted by Gasteiger charge is 2.10. The Morgan fingerprint density at radius 3 is 2.68 bits per heavy atom. The Labute approximate surface area is 110 Å². The van der Waals surface area contributed by atoms with Crippen molar-refractivity contribution in [1.82, 2.24) is 0 Å². The molecule has 0 spiro atoms. The zero-order valence-electron chi connectivity index (χ0n) is 10.3. The maximum absolute atomic E-state index is 13.0. The van der Waals surface area contributed by atoms with Gasteiger partial charge in [0.05, 0.1) is 0 Å². The molecule has 0 aliphatic rings. The Bertz CT molecular complexity index is 638. The van der Waals surface area contributed by atoms with Crippen LogP contribution < -0.4 is 5.32 Å². The van der Waals surface area contributed by atoms with Crippen molar-refractivity contribution < 1.29 is 14.0 Å². The first-order valence-electron chi connectivity index (χ1n) is 5.73. The summed E-state index contributed by atoms with van der Waals surface area (Å²) in [5.74, 6) is -0.711. The lowest BCUT2D eigenvalue weighted by atomic mass is 10.1. The number of anilines is 1. The molecule has 96 valence electrons. The second-order valence-electron chi connectivity index (χ2n) is 4.16. The number of nitrogens with one attached hydrogen (secondary N) is 1. The molecular formula is C15H12FNO2. The lowest BCUT2D eigenvalue weighted by Gasteiger charge is -2.08. The van der Waals surface area contributed by atoms with Crippen LogP contribution in [0.3, 0.4) is 0 Å². The molecule has 0 unspecified atom stereocenters. The first kappa shape index (κ1) is 13.0. The summed E-state index contributed by atoms with van der Waals surface area (Å²) in [7, 11) is 0. The maximum Gasteiger partial charge on any atom is 0.255 e. The minimum atomic E-state index is -0.378. The number of hydrogen-bond donors (Lipinski definition) is 1. The van der Waals surface area contributed by atoms with Gasteiger partial charge in [0.1, 0.15) is 12.1 Å². The highest BCUT2D eigenvalue weighted by molar-refractivity contribution is 6.05. The summed E-state index contributed by atoms with van der Waals surface area (Å²) in [6, 6.07) is 10.6. The van der Waals surface area contributed by atoms with E-state index < -0.39 is 0 Å². The number of aryl methyl sites for hydroxylation is 1. The zero-order chi connectivity index (χ0) is 13.8. The van der Waals surface area contributed by atoms with E-state index in [1.165, 1.54) is 18.2 Å². The predicted molar refractivity (Wildman–Crippen MR) is 70.9 cm³/mol. The largest absolute Gasteiger partial charge is 0.322 e. The van der Waals surface area contributed by atoms with Crippen molar-refractivity contribution >= 4 is 17.9 Å². The van der Waals surface area contributed by atoms with Gasteiger partial charge in [0.2, 0.25) is 0 Å². The second kappa shape index (κ2) is 5.44. The van der Waals surface area contributed by atoms with Gasteiger partial charge in [-0.25, -0.2) is 4.39 Å². The number of aldehydes is 1. The minimum Gasteiger partial charge on any atom is -0.322 e. The summed E-state index contributed by atoms with van der Waals surface area (Å²) < 4.78 is 13.0. The molecule has 0 aromatic heterocycles. The molecule has 0 radical (unpaired) electrons. The van der Waals surface area contributed by atoms with Gasteiger partial charge in [-0.3, -0.25) is 9.59 Å². The van der Waals surface area contributed by atoms with Crippen LogP contribution in [0.15, 0.2) is 42.5 Å². The SMILES string of the molecule is Cc1cc(F)ccc1C(=O)Nc1cccc(C=O)c1. The van der Waals surface area contributed by atoms with Gasteiger partial charge in [-0.1, -0.05) is 12.1 Å². The van der Waals surface area contributed by atoms with E-state index in [1.54, 1.807) is 31.2 Å². The minimum absolute atomic E-state index is 0.333. The number of carbonyl (C=O) groups excluding carboxylic acids is 2. The van der Waals surface area contributed by atoms with Crippen LogP contribution in [-0.4, -0.2) is 12.2 Å². The standard InChI is InChI=1S/C15H12FNO2/c1-10-7-12(16)5-6-14(10)15(19)17-13-4-2-3-11(8-13)9-18/h2-9H,1H3,(H,17,19). The molecule has 0 atom stereocenters.